The maximum atomic E-state index is 10.4. The summed E-state index contributed by atoms with van der Waals surface area (Å²) in [7, 11) is 0. The third-order valence-electron chi connectivity index (χ3n) is 0.883. The van der Waals surface area contributed by atoms with Crippen LogP contribution in [0.4, 0.5) is 5.69 Å². The first-order chi connectivity index (χ1) is 4.33. The molecular weight excluding hydrogens is 118 g/mol. The summed E-state index contributed by atoms with van der Waals surface area (Å²) in [5.41, 5.74) is 0.136. The molecule has 0 atom stereocenters. The summed E-state index contributed by atoms with van der Waals surface area (Å²) in [5, 5.41) is 8.13. The Morgan fingerprint density at radius 3 is 2.78 bits per heavy atom. The van der Waals surface area contributed by atoms with Gasteiger partial charge < -0.3 is 4.98 Å². The van der Waals surface area contributed by atoms with Crippen molar-refractivity contribution in [1.82, 2.24) is 4.98 Å². The summed E-state index contributed by atoms with van der Waals surface area (Å²) in [6, 6.07) is 2.70. The molecule has 0 unspecified atom stereocenters. The van der Waals surface area contributed by atoms with Crippen LogP contribution in [0.2, 0.25) is 0 Å². The normalized spacial score (nSPS) is 8.33. The topological polar surface area (TPSA) is 61.0 Å². The van der Waals surface area contributed by atoms with E-state index in [1.165, 1.54) is 18.3 Å². The number of nitrogens with zero attached hydrogens (tertiary/aromatic N) is 2. The van der Waals surface area contributed by atoms with Crippen LogP contribution in [-0.4, -0.2) is 4.98 Å². The van der Waals surface area contributed by atoms with Crippen molar-refractivity contribution in [1.29, 1.82) is 5.39 Å². The van der Waals surface area contributed by atoms with Crippen LogP contribution in [0, 0.1) is 5.39 Å². The number of H-pyrrole nitrogens is 1. The SMILES string of the molecule is N#[N+]c1ccc(=O)[nH]c1. The van der Waals surface area contributed by atoms with Gasteiger partial charge in [-0.25, -0.2) is 0 Å². The molecule has 1 aromatic heterocycles. The molecule has 0 aromatic carbocycles. The predicted octanol–water partition coefficient (Wildman–Crippen LogP) is 0.859. The van der Waals surface area contributed by atoms with Crippen molar-refractivity contribution in [2.45, 2.75) is 0 Å². The highest BCUT2D eigenvalue weighted by atomic mass is 16.1. The zero-order chi connectivity index (χ0) is 6.69. The molecule has 0 bridgehead atoms. The van der Waals surface area contributed by atoms with Crippen LogP contribution in [0.1, 0.15) is 0 Å². The van der Waals surface area contributed by atoms with E-state index < -0.39 is 0 Å². The van der Waals surface area contributed by atoms with Gasteiger partial charge in [0, 0.05) is 12.1 Å². The highest BCUT2D eigenvalue weighted by Crippen LogP contribution is 2.03. The maximum absolute atomic E-state index is 10.4. The zero-order valence-corrected chi connectivity index (χ0v) is 4.53. The third-order valence-corrected chi connectivity index (χ3v) is 0.883. The van der Waals surface area contributed by atoms with E-state index in [2.05, 4.69) is 9.96 Å². The third kappa shape index (κ3) is 1.13. The second-order valence-corrected chi connectivity index (χ2v) is 1.51. The fraction of sp³-hybridized carbons (Fsp3) is 0. The van der Waals surface area contributed by atoms with Crippen molar-refractivity contribution in [2.24, 2.45) is 0 Å². The average molecular weight is 122 g/mol. The van der Waals surface area contributed by atoms with E-state index in [1.807, 2.05) is 0 Å². The minimum absolute atomic E-state index is 0.206. The van der Waals surface area contributed by atoms with Gasteiger partial charge in [-0.2, -0.15) is 0 Å². The van der Waals surface area contributed by atoms with Crippen molar-refractivity contribution >= 4 is 5.69 Å². The molecular formula is C5H4N3O+. The number of diazo groups is 1. The molecule has 0 amide bonds. The summed E-state index contributed by atoms with van der Waals surface area (Å²) in [4.78, 5) is 15.5. The standard InChI is InChI=1S/C5H3N3O/c6-8-4-1-2-5(9)7-3-4/h1-3H/p+1. The van der Waals surface area contributed by atoms with Crippen LogP contribution in [0.5, 0.6) is 0 Å². The van der Waals surface area contributed by atoms with Gasteiger partial charge in [0.2, 0.25) is 11.0 Å². The number of aromatic amines is 1. The lowest BCUT2D eigenvalue weighted by Crippen LogP contribution is -1.99. The first-order valence-corrected chi connectivity index (χ1v) is 2.37. The Bertz CT molecular complexity index is 275. The largest absolute Gasteiger partial charge is 0.401 e. The monoisotopic (exact) mass is 122 g/mol. The van der Waals surface area contributed by atoms with Crippen LogP contribution in [0.25, 0.3) is 4.98 Å². The molecule has 0 aliphatic carbocycles. The van der Waals surface area contributed by atoms with E-state index in [9.17, 15) is 4.79 Å². The van der Waals surface area contributed by atoms with Gasteiger partial charge in [0.05, 0.1) is 0 Å². The second-order valence-electron chi connectivity index (χ2n) is 1.51. The predicted molar refractivity (Wildman–Crippen MR) is 31.8 cm³/mol. The Labute approximate surface area is 50.8 Å². The highest BCUT2D eigenvalue weighted by molar-refractivity contribution is 5.39. The van der Waals surface area contributed by atoms with Crippen LogP contribution in [-0.2, 0) is 0 Å². The van der Waals surface area contributed by atoms with Gasteiger partial charge in [-0.05, 0) is 0 Å². The molecule has 4 nitrogen and oxygen atoms in total. The number of pyridine rings is 1. The lowest BCUT2D eigenvalue weighted by molar-refractivity contribution is 1.24. The fourth-order valence-electron chi connectivity index (χ4n) is 0.465. The molecule has 9 heavy (non-hydrogen) atoms. The molecule has 1 heterocycles. The van der Waals surface area contributed by atoms with Gasteiger partial charge in [-0.15, -0.1) is 0 Å². The minimum atomic E-state index is -0.206. The van der Waals surface area contributed by atoms with Crippen molar-refractivity contribution in [2.75, 3.05) is 0 Å². The number of nitrogens with one attached hydrogen (secondary N) is 1. The summed E-state index contributed by atoms with van der Waals surface area (Å²) >= 11 is 0. The minimum Gasteiger partial charge on any atom is -0.322 e. The van der Waals surface area contributed by atoms with E-state index in [0.717, 1.165) is 0 Å². The lowest BCUT2D eigenvalue weighted by Gasteiger charge is -1.72. The summed E-state index contributed by atoms with van der Waals surface area (Å²) in [6.07, 6.45) is 1.32. The summed E-state index contributed by atoms with van der Waals surface area (Å²) in [5.74, 6) is 0. The van der Waals surface area contributed by atoms with Gasteiger partial charge >= 0.3 is 5.69 Å². The number of aromatic nitrogens is 1. The molecule has 0 radical (unpaired) electrons. The van der Waals surface area contributed by atoms with E-state index in [4.69, 9.17) is 5.39 Å². The smallest absolute Gasteiger partial charge is 0.322 e. The zero-order valence-electron chi connectivity index (χ0n) is 4.53. The molecule has 1 rings (SSSR count). The van der Waals surface area contributed by atoms with E-state index in [1.54, 1.807) is 0 Å². The van der Waals surface area contributed by atoms with Crippen molar-refractivity contribution < 1.29 is 0 Å². The van der Waals surface area contributed by atoms with E-state index in [-0.39, 0.29) is 5.56 Å². The van der Waals surface area contributed by atoms with Gasteiger partial charge in [0.25, 0.3) is 0 Å². The van der Waals surface area contributed by atoms with Crippen LogP contribution >= 0.6 is 0 Å². The Morgan fingerprint density at radius 1 is 1.56 bits per heavy atom. The molecule has 44 valence electrons. The fourth-order valence-corrected chi connectivity index (χ4v) is 0.465. The Morgan fingerprint density at radius 2 is 2.33 bits per heavy atom. The molecule has 0 saturated heterocycles. The van der Waals surface area contributed by atoms with Crippen LogP contribution in [0.15, 0.2) is 23.1 Å². The first kappa shape index (κ1) is 5.51. The second kappa shape index (κ2) is 2.09. The molecule has 0 fully saturated rings. The van der Waals surface area contributed by atoms with Gasteiger partial charge in [0.1, 0.15) is 6.20 Å². The number of hydrogen-bond donors (Lipinski definition) is 1. The molecule has 0 aliphatic rings. The van der Waals surface area contributed by atoms with Gasteiger partial charge in [0.15, 0.2) is 4.98 Å². The van der Waals surface area contributed by atoms with E-state index in [0.29, 0.717) is 5.69 Å². The van der Waals surface area contributed by atoms with Crippen molar-refractivity contribution in [3.8, 4) is 0 Å². The van der Waals surface area contributed by atoms with Crippen molar-refractivity contribution in [3.05, 3.63) is 33.7 Å². The maximum Gasteiger partial charge on any atom is 0.401 e. The number of rotatable bonds is 0. The molecule has 0 aliphatic heterocycles. The number of hydrogen-bond acceptors (Lipinski definition) is 2. The summed E-state index contributed by atoms with van der Waals surface area (Å²) in [6.45, 7) is 0. The molecule has 1 N–H and O–H groups in total. The molecule has 0 spiro atoms. The Hall–Kier alpha value is -1.63. The molecule has 1 aromatic rings. The Balaban J connectivity index is 3.21. The van der Waals surface area contributed by atoms with Gasteiger partial charge in [-0.1, -0.05) is 0 Å². The van der Waals surface area contributed by atoms with E-state index >= 15 is 0 Å². The molecule has 0 saturated carbocycles. The van der Waals surface area contributed by atoms with Gasteiger partial charge in [-0.3, -0.25) is 4.79 Å². The lowest BCUT2D eigenvalue weighted by atomic mass is 10.4. The highest BCUT2D eigenvalue weighted by Gasteiger charge is 1.99. The summed E-state index contributed by atoms with van der Waals surface area (Å²) < 4.78 is 0. The van der Waals surface area contributed by atoms with Crippen LogP contribution < -0.4 is 5.56 Å². The van der Waals surface area contributed by atoms with Crippen molar-refractivity contribution in [3.63, 3.8) is 0 Å². The quantitative estimate of drug-likeness (QED) is 0.518. The first-order valence-electron chi connectivity index (χ1n) is 2.37. The average Bonchev–Trinajstić information content (AvgIpc) is 1.90. The Kier molecular flexibility index (Phi) is 1.28. The van der Waals surface area contributed by atoms with Crippen LogP contribution in [0.3, 0.4) is 0 Å². The molecule has 4 heteroatoms.